The summed E-state index contributed by atoms with van der Waals surface area (Å²) in [5.41, 5.74) is 4.61. The van der Waals surface area contributed by atoms with E-state index in [2.05, 4.69) is 47.4 Å². The van der Waals surface area contributed by atoms with E-state index in [4.69, 9.17) is 10.3 Å². The van der Waals surface area contributed by atoms with E-state index in [-0.39, 0.29) is 5.41 Å². The van der Waals surface area contributed by atoms with Gasteiger partial charge in [-0.15, -0.1) is 0 Å². The maximum atomic E-state index is 8.93. The van der Waals surface area contributed by atoms with Crippen molar-refractivity contribution in [2.24, 2.45) is 10.4 Å². The quantitative estimate of drug-likeness (QED) is 0.861. The zero-order chi connectivity index (χ0) is 17.1. The van der Waals surface area contributed by atoms with Crippen LogP contribution in [-0.4, -0.2) is 17.3 Å². The number of nitriles is 1. The van der Waals surface area contributed by atoms with Gasteiger partial charge in [0.25, 0.3) is 0 Å². The first-order valence-electron chi connectivity index (χ1n) is 8.76. The molecule has 1 N–H and O–H groups in total. The third-order valence-electron chi connectivity index (χ3n) is 5.25. The second kappa shape index (κ2) is 6.93. The molecule has 0 amide bonds. The van der Waals surface area contributed by atoms with Crippen molar-refractivity contribution < 1.29 is 0 Å². The van der Waals surface area contributed by atoms with Crippen LogP contribution in [0.4, 0.5) is 5.69 Å². The average molecular weight is 347 g/mol. The predicted octanol–water partition coefficient (Wildman–Crippen LogP) is 4.64. The molecular formula is C21H21N3S. The molecule has 0 aliphatic carbocycles. The van der Waals surface area contributed by atoms with Crippen LogP contribution in [0.5, 0.6) is 0 Å². The molecule has 126 valence electrons. The Kier molecular flexibility index (Phi) is 4.50. The number of hydrogen-bond acceptors (Lipinski definition) is 3. The van der Waals surface area contributed by atoms with Gasteiger partial charge in [0, 0.05) is 11.1 Å². The van der Waals surface area contributed by atoms with Gasteiger partial charge in [-0.3, -0.25) is 4.99 Å². The zero-order valence-corrected chi connectivity index (χ0v) is 15.0. The first-order valence-corrected chi connectivity index (χ1v) is 9.91. The van der Waals surface area contributed by atoms with Gasteiger partial charge in [0.05, 0.1) is 18.2 Å². The van der Waals surface area contributed by atoms with E-state index in [9.17, 15) is 0 Å². The third-order valence-corrected chi connectivity index (χ3v) is 6.24. The van der Waals surface area contributed by atoms with Crippen LogP contribution in [0, 0.1) is 16.7 Å². The molecule has 2 heterocycles. The van der Waals surface area contributed by atoms with E-state index in [1.807, 2.05) is 24.3 Å². The first-order chi connectivity index (χ1) is 12.3. The minimum atomic E-state index is 0.159. The van der Waals surface area contributed by atoms with Crippen LogP contribution in [0.3, 0.4) is 0 Å². The fraction of sp³-hybridized carbons (Fsp3) is 0.333. The number of thioether (sulfide) groups is 1. The monoisotopic (exact) mass is 347 g/mol. The number of hydrogen-bond donors (Lipinski definition) is 1. The summed E-state index contributed by atoms with van der Waals surface area (Å²) in [5.74, 6) is 3.57. The number of aliphatic imine (C=N–C) groups is 1. The highest BCUT2D eigenvalue weighted by molar-refractivity contribution is 7.99. The van der Waals surface area contributed by atoms with Gasteiger partial charge in [0.1, 0.15) is 5.84 Å². The maximum absolute atomic E-state index is 8.93. The van der Waals surface area contributed by atoms with Crippen molar-refractivity contribution in [3.05, 3.63) is 65.2 Å². The number of anilines is 1. The Labute approximate surface area is 153 Å². The van der Waals surface area contributed by atoms with Gasteiger partial charge >= 0.3 is 0 Å². The van der Waals surface area contributed by atoms with Crippen molar-refractivity contribution in [1.29, 1.82) is 5.26 Å². The Morgan fingerprint density at radius 3 is 2.60 bits per heavy atom. The van der Waals surface area contributed by atoms with Gasteiger partial charge in [0.15, 0.2) is 0 Å². The Morgan fingerprint density at radius 1 is 1.08 bits per heavy atom. The van der Waals surface area contributed by atoms with Crippen LogP contribution >= 0.6 is 11.8 Å². The molecule has 25 heavy (non-hydrogen) atoms. The number of para-hydroxylation sites is 1. The van der Waals surface area contributed by atoms with Gasteiger partial charge in [-0.25, -0.2) is 0 Å². The normalized spacial score (nSPS) is 19.9. The molecule has 4 rings (SSSR count). The van der Waals surface area contributed by atoms with Crippen molar-refractivity contribution in [2.45, 2.75) is 25.8 Å². The Bertz CT molecular complexity index is 827. The highest BCUT2D eigenvalue weighted by Crippen LogP contribution is 2.44. The Balaban J connectivity index is 1.63. The molecule has 0 bridgehead atoms. The van der Waals surface area contributed by atoms with Crippen LogP contribution in [0.15, 0.2) is 53.5 Å². The van der Waals surface area contributed by atoms with E-state index < -0.39 is 0 Å². The lowest BCUT2D eigenvalue weighted by Crippen LogP contribution is -2.44. The molecule has 1 fully saturated rings. The molecule has 2 aliphatic rings. The number of nitrogens with one attached hydrogen (secondary N) is 1. The van der Waals surface area contributed by atoms with Crippen molar-refractivity contribution in [3.8, 4) is 6.07 Å². The van der Waals surface area contributed by atoms with Gasteiger partial charge in [-0.2, -0.15) is 17.0 Å². The number of amidine groups is 1. The maximum Gasteiger partial charge on any atom is 0.108 e. The lowest BCUT2D eigenvalue weighted by Gasteiger charge is -2.42. The fourth-order valence-electron chi connectivity index (χ4n) is 3.74. The summed E-state index contributed by atoms with van der Waals surface area (Å²) in [6.45, 7) is 0.658. The predicted molar refractivity (Wildman–Crippen MR) is 105 cm³/mol. The molecular weight excluding hydrogens is 326 g/mol. The summed E-state index contributed by atoms with van der Waals surface area (Å²) in [6, 6.07) is 18.5. The largest absolute Gasteiger partial charge is 0.343 e. The molecule has 3 nitrogen and oxygen atoms in total. The molecule has 0 aromatic heterocycles. The molecule has 0 saturated carbocycles. The summed E-state index contributed by atoms with van der Waals surface area (Å²) in [6.07, 6.45) is 3.46. The van der Waals surface area contributed by atoms with Crippen LogP contribution in [0.1, 0.15) is 29.5 Å². The minimum absolute atomic E-state index is 0.159. The van der Waals surface area contributed by atoms with Crippen LogP contribution in [0.2, 0.25) is 0 Å². The molecule has 2 aromatic carbocycles. The van der Waals surface area contributed by atoms with Gasteiger partial charge in [0.2, 0.25) is 0 Å². The lowest BCUT2D eigenvalue weighted by atomic mass is 9.73. The number of benzene rings is 2. The van der Waals surface area contributed by atoms with Gasteiger partial charge in [-0.05, 0) is 60.1 Å². The van der Waals surface area contributed by atoms with E-state index >= 15 is 0 Å². The van der Waals surface area contributed by atoms with Gasteiger partial charge < -0.3 is 5.32 Å². The van der Waals surface area contributed by atoms with E-state index in [0.29, 0.717) is 12.1 Å². The second-order valence-electron chi connectivity index (χ2n) is 6.83. The van der Waals surface area contributed by atoms with E-state index in [1.165, 1.54) is 35.6 Å². The topological polar surface area (TPSA) is 48.2 Å². The van der Waals surface area contributed by atoms with Crippen molar-refractivity contribution >= 4 is 23.3 Å². The fourth-order valence-corrected chi connectivity index (χ4v) is 5.02. The van der Waals surface area contributed by atoms with E-state index in [0.717, 1.165) is 17.8 Å². The molecule has 2 aliphatic heterocycles. The number of nitrogens with zero attached hydrogens (tertiary/aromatic N) is 2. The third kappa shape index (κ3) is 3.29. The SMILES string of the molecule is N#Cc1ccc(CN=C2Nc3ccccc3CC23CCSCC3)cc1. The summed E-state index contributed by atoms with van der Waals surface area (Å²) < 4.78 is 0. The lowest BCUT2D eigenvalue weighted by molar-refractivity contribution is 0.377. The number of rotatable bonds is 2. The Hall–Kier alpha value is -2.25. The van der Waals surface area contributed by atoms with Crippen molar-refractivity contribution in [3.63, 3.8) is 0 Å². The zero-order valence-electron chi connectivity index (χ0n) is 14.2. The second-order valence-corrected chi connectivity index (χ2v) is 8.05. The van der Waals surface area contributed by atoms with Crippen LogP contribution in [0.25, 0.3) is 0 Å². The standard InChI is InChI=1S/C21H21N3S/c22-14-16-5-7-17(8-6-16)15-23-20-21(9-11-25-12-10-21)13-18-3-1-2-4-19(18)24-20/h1-8H,9-13,15H2,(H,23,24). The minimum Gasteiger partial charge on any atom is -0.343 e. The van der Waals surface area contributed by atoms with Gasteiger partial charge in [-0.1, -0.05) is 30.3 Å². The smallest absolute Gasteiger partial charge is 0.108 e. The van der Waals surface area contributed by atoms with Crippen molar-refractivity contribution in [2.75, 3.05) is 16.8 Å². The summed E-state index contributed by atoms with van der Waals surface area (Å²) in [4.78, 5) is 5.00. The van der Waals surface area contributed by atoms with Crippen LogP contribution in [-0.2, 0) is 13.0 Å². The molecule has 4 heteroatoms. The average Bonchev–Trinajstić information content (AvgIpc) is 2.67. The van der Waals surface area contributed by atoms with Crippen LogP contribution < -0.4 is 5.32 Å². The molecule has 0 radical (unpaired) electrons. The first kappa shape index (κ1) is 16.2. The van der Waals surface area contributed by atoms with Crippen molar-refractivity contribution in [1.82, 2.24) is 0 Å². The number of fused-ring (bicyclic) bond motifs is 1. The Morgan fingerprint density at radius 2 is 1.84 bits per heavy atom. The molecule has 1 saturated heterocycles. The summed E-state index contributed by atoms with van der Waals surface area (Å²) in [7, 11) is 0. The molecule has 1 spiro atoms. The molecule has 0 atom stereocenters. The highest BCUT2D eigenvalue weighted by Gasteiger charge is 2.41. The summed E-state index contributed by atoms with van der Waals surface area (Å²) >= 11 is 2.05. The highest BCUT2D eigenvalue weighted by atomic mass is 32.2. The molecule has 0 unspecified atom stereocenters. The van der Waals surface area contributed by atoms with E-state index in [1.54, 1.807) is 0 Å². The molecule has 2 aromatic rings. The summed E-state index contributed by atoms with van der Waals surface area (Å²) in [5, 5.41) is 12.6.